The van der Waals surface area contributed by atoms with Gasteiger partial charge in [-0.2, -0.15) is 0 Å². The maximum absolute atomic E-state index is 12.9. The number of carbonyl (C=O) groups excluding carboxylic acids is 1. The fraction of sp³-hybridized carbons (Fsp3) is 0.357. The molecule has 0 aliphatic carbocycles. The molecule has 0 spiro atoms. The van der Waals surface area contributed by atoms with Gasteiger partial charge in [0.1, 0.15) is 12.4 Å². The highest BCUT2D eigenvalue weighted by Crippen LogP contribution is 2.21. The van der Waals surface area contributed by atoms with Crippen molar-refractivity contribution in [1.82, 2.24) is 15.0 Å². The van der Waals surface area contributed by atoms with Crippen molar-refractivity contribution in [3.63, 3.8) is 0 Å². The van der Waals surface area contributed by atoms with E-state index < -0.39 is 18.2 Å². The van der Waals surface area contributed by atoms with Crippen molar-refractivity contribution < 1.29 is 13.9 Å². The third-order valence-corrected chi connectivity index (χ3v) is 3.04. The molecule has 1 aromatic carbocycles. The molecule has 1 heterocycles. The zero-order valence-electron chi connectivity index (χ0n) is 11.6. The fourth-order valence-electron chi connectivity index (χ4n) is 1.65. The lowest BCUT2D eigenvalue weighted by atomic mass is 10.1. The SMILES string of the molecule is COC(=O)c1ccc(-c2cn(C(C)(C)CF)nn2)cc1. The van der Waals surface area contributed by atoms with E-state index in [4.69, 9.17) is 0 Å². The third-order valence-electron chi connectivity index (χ3n) is 3.04. The van der Waals surface area contributed by atoms with Crippen LogP contribution in [0.5, 0.6) is 0 Å². The van der Waals surface area contributed by atoms with Gasteiger partial charge in [0.05, 0.1) is 24.4 Å². The van der Waals surface area contributed by atoms with Gasteiger partial charge >= 0.3 is 5.97 Å². The molecule has 6 heteroatoms. The van der Waals surface area contributed by atoms with Gasteiger partial charge in [0, 0.05) is 5.56 Å². The van der Waals surface area contributed by atoms with Crippen LogP contribution in [0.15, 0.2) is 30.5 Å². The Kier molecular flexibility index (Phi) is 3.83. The van der Waals surface area contributed by atoms with Crippen LogP contribution in [-0.4, -0.2) is 34.7 Å². The van der Waals surface area contributed by atoms with Crippen molar-refractivity contribution in [3.8, 4) is 11.3 Å². The van der Waals surface area contributed by atoms with Gasteiger partial charge in [-0.15, -0.1) is 5.10 Å². The van der Waals surface area contributed by atoms with Crippen LogP contribution in [-0.2, 0) is 10.3 Å². The third kappa shape index (κ3) is 2.68. The molecule has 0 bridgehead atoms. The highest BCUT2D eigenvalue weighted by Gasteiger charge is 2.22. The van der Waals surface area contributed by atoms with Crippen LogP contribution >= 0.6 is 0 Å². The normalized spacial score (nSPS) is 11.4. The van der Waals surface area contributed by atoms with Crippen LogP contribution in [0.25, 0.3) is 11.3 Å². The van der Waals surface area contributed by atoms with E-state index in [1.807, 2.05) is 0 Å². The number of hydrogen-bond donors (Lipinski definition) is 0. The zero-order valence-corrected chi connectivity index (χ0v) is 11.6. The smallest absolute Gasteiger partial charge is 0.337 e. The maximum Gasteiger partial charge on any atom is 0.337 e. The van der Waals surface area contributed by atoms with E-state index in [-0.39, 0.29) is 0 Å². The summed E-state index contributed by atoms with van der Waals surface area (Å²) in [6.45, 7) is 2.95. The van der Waals surface area contributed by atoms with Gasteiger partial charge in [-0.05, 0) is 26.0 Å². The zero-order chi connectivity index (χ0) is 14.8. The first-order chi connectivity index (χ1) is 9.47. The summed E-state index contributed by atoms with van der Waals surface area (Å²) in [6, 6.07) is 6.81. The number of aromatic nitrogens is 3. The maximum atomic E-state index is 12.9. The van der Waals surface area contributed by atoms with Crippen molar-refractivity contribution in [3.05, 3.63) is 36.0 Å². The van der Waals surface area contributed by atoms with Crippen LogP contribution < -0.4 is 0 Å². The van der Waals surface area contributed by atoms with Crippen LogP contribution in [0, 0.1) is 0 Å². The molecule has 1 aromatic heterocycles. The Hall–Kier alpha value is -2.24. The molecule has 0 aliphatic heterocycles. The second-order valence-corrected chi connectivity index (χ2v) is 5.06. The standard InChI is InChI=1S/C14H16FN3O2/c1-14(2,9-15)18-8-12(16-17-18)10-4-6-11(7-5-10)13(19)20-3/h4-8H,9H2,1-3H3. The van der Waals surface area contributed by atoms with Crippen LogP contribution in [0.3, 0.4) is 0 Å². The summed E-state index contributed by atoms with van der Waals surface area (Å²) >= 11 is 0. The van der Waals surface area contributed by atoms with E-state index in [0.29, 0.717) is 11.3 Å². The Morgan fingerprint density at radius 2 is 2.00 bits per heavy atom. The summed E-state index contributed by atoms with van der Waals surface area (Å²) in [5.41, 5.74) is 1.17. The van der Waals surface area contributed by atoms with E-state index in [1.165, 1.54) is 11.8 Å². The van der Waals surface area contributed by atoms with Gasteiger partial charge < -0.3 is 4.74 Å². The summed E-state index contributed by atoms with van der Waals surface area (Å²) in [4.78, 5) is 11.3. The molecule has 0 amide bonds. The molecule has 0 radical (unpaired) electrons. The number of hydrogen-bond acceptors (Lipinski definition) is 4. The van der Waals surface area contributed by atoms with Crippen molar-refractivity contribution in [1.29, 1.82) is 0 Å². The van der Waals surface area contributed by atoms with Gasteiger partial charge in [-0.25, -0.2) is 13.9 Å². The van der Waals surface area contributed by atoms with Crippen LogP contribution in [0.4, 0.5) is 4.39 Å². The molecule has 0 aliphatic rings. The van der Waals surface area contributed by atoms with Gasteiger partial charge in [-0.1, -0.05) is 17.3 Å². The number of esters is 1. The molecule has 0 atom stereocenters. The lowest BCUT2D eigenvalue weighted by Gasteiger charge is -2.19. The molecular formula is C14H16FN3O2. The minimum atomic E-state index is -0.725. The summed E-state index contributed by atoms with van der Waals surface area (Å²) in [7, 11) is 1.33. The topological polar surface area (TPSA) is 57.0 Å². The monoisotopic (exact) mass is 277 g/mol. The van der Waals surface area contributed by atoms with Crippen LogP contribution in [0.2, 0.25) is 0 Å². The van der Waals surface area contributed by atoms with Crippen molar-refractivity contribution in [2.75, 3.05) is 13.8 Å². The van der Waals surface area contributed by atoms with Gasteiger partial charge in [0.2, 0.25) is 0 Å². The number of nitrogens with zero attached hydrogens (tertiary/aromatic N) is 3. The first-order valence-corrected chi connectivity index (χ1v) is 6.15. The fourth-order valence-corrected chi connectivity index (χ4v) is 1.65. The van der Waals surface area contributed by atoms with Crippen molar-refractivity contribution >= 4 is 5.97 Å². The lowest BCUT2D eigenvalue weighted by molar-refractivity contribution is 0.0601. The summed E-state index contributed by atoms with van der Waals surface area (Å²) < 4.78 is 19.0. The van der Waals surface area contributed by atoms with E-state index >= 15 is 0 Å². The Morgan fingerprint density at radius 3 is 2.55 bits per heavy atom. The van der Waals surface area contributed by atoms with E-state index in [0.717, 1.165) is 5.56 Å². The van der Waals surface area contributed by atoms with E-state index in [2.05, 4.69) is 15.0 Å². The Labute approximate surface area is 116 Å². The molecule has 2 rings (SSSR count). The van der Waals surface area contributed by atoms with Gasteiger partial charge in [0.25, 0.3) is 0 Å². The predicted octanol–water partition coefficient (Wildman–Crippen LogP) is 2.44. The minimum absolute atomic E-state index is 0.390. The molecule has 106 valence electrons. The molecular weight excluding hydrogens is 261 g/mol. The summed E-state index contributed by atoms with van der Waals surface area (Å²) in [6.07, 6.45) is 1.69. The molecule has 0 saturated carbocycles. The summed E-state index contributed by atoms with van der Waals surface area (Å²) in [5.74, 6) is -0.390. The first-order valence-electron chi connectivity index (χ1n) is 6.15. The number of halogens is 1. The molecule has 0 fully saturated rings. The number of alkyl halides is 1. The number of rotatable bonds is 4. The largest absolute Gasteiger partial charge is 0.465 e. The minimum Gasteiger partial charge on any atom is -0.465 e. The van der Waals surface area contributed by atoms with E-state index in [9.17, 15) is 9.18 Å². The summed E-state index contributed by atoms with van der Waals surface area (Å²) in [5, 5.41) is 7.97. The van der Waals surface area contributed by atoms with Gasteiger partial charge in [0.15, 0.2) is 0 Å². The Bertz CT molecular complexity index is 605. The second kappa shape index (κ2) is 5.40. The quantitative estimate of drug-likeness (QED) is 0.805. The first kappa shape index (κ1) is 14.2. The van der Waals surface area contributed by atoms with Crippen molar-refractivity contribution in [2.45, 2.75) is 19.4 Å². The number of carbonyl (C=O) groups is 1. The lowest BCUT2D eigenvalue weighted by Crippen LogP contribution is -2.29. The number of benzene rings is 1. The molecule has 2 aromatic rings. The Balaban J connectivity index is 2.27. The average molecular weight is 277 g/mol. The second-order valence-electron chi connectivity index (χ2n) is 5.06. The highest BCUT2D eigenvalue weighted by molar-refractivity contribution is 5.89. The molecule has 0 saturated heterocycles. The number of ether oxygens (including phenoxy) is 1. The highest BCUT2D eigenvalue weighted by atomic mass is 19.1. The van der Waals surface area contributed by atoms with Crippen molar-refractivity contribution in [2.24, 2.45) is 0 Å². The molecule has 0 N–H and O–H groups in total. The van der Waals surface area contributed by atoms with Crippen LogP contribution in [0.1, 0.15) is 24.2 Å². The number of methoxy groups -OCH3 is 1. The molecule has 5 nitrogen and oxygen atoms in total. The Morgan fingerprint density at radius 1 is 1.35 bits per heavy atom. The average Bonchev–Trinajstić information content (AvgIpc) is 2.97. The molecule has 20 heavy (non-hydrogen) atoms. The van der Waals surface area contributed by atoms with Gasteiger partial charge in [-0.3, -0.25) is 0 Å². The van der Waals surface area contributed by atoms with E-state index in [1.54, 1.807) is 44.3 Å². The molecule has 0 unspecified atom stereocenters. The predicted molar refractivity (Wildman–Crippen MR) is 72.1 cm³/mol.